The van der Waals surface area contributed by atoms with E-state index in [1.165, 1.54) is 12.1 Å². The minimum Gasteiger partial charge on any atom is -0.493 e. The van der Waals surface area contributed by atoms with Gasteiger partial charge in [-0.1, -0.05) is 13.3 Å². The summed E-state index contributed by atoms with van der Waals surface area (Å²) in [5, 5.41) is 2.62. The quantitative estimate of drug-likeness (QED) is 0.761. The van der Waals surface area contributed by atoms with Crippen LogP contribution in [0.25, 0.3) is 0 Å². The number of hydrogen-bond acceptors (Lipinski definition) is 3. The van der Waals surface area contributed by atoms with Crippen molar-refractivity contribution in [3.63, 3.8) is 0 Å². The Kier molecular flexibility index (Phi) is 6.55. The van der Waals surface area contributed by atoms with Crippen LogP contribution in [0.2, 0.25) is 0 Å². The summed E-state index contributed by atoms with van der Waals surface area (Å²) in [6.45, 7) is 5.98. The Balaban J connectivity index is 2.27. The van der Waals surface area contributed by atoms with Crippen LogP contribution in [0.3, 0.4) is 0 Å². The molecule has 0 spiro atoms. The number of nitrogens with one attached hydrogen (secondary N) is 1. The van der Waals surface area contributed by atoms with Crippen molar-refractivity contribution in [2.45, 2.75) is 58.2 Å². The summed E-state index contributed by atoms with van der Waals surface area (Å²) in [7, 11) is 0. The van der Waals surface area contributed by atoms with Crippen molar-refractivity contribution in [1.29, 1.82) is 0 Å². The van der Waals surface area contributed by atoms with E-state index in [0.717, 1.165) is 18.9 Å². The van der Waals surface area contributed by atoms with E-state index < -0.39 is 17.3 Å². The van der Waals surface area contributed by atoms with Gasteiger partial charge in [0, 0.05) is 12.3 Å². The van der Waals surface area contributed by atoms with Crippen molar-refractivity contribution in [1.82, 2.24) is 0 Å². The Hall–Kier alpha value is -1.76. The number of rotatable bonds is 6. The predicted molar refractivity (Wildman–Crippen MR) is 93.2 cm³/mol. The fourth-order valence-corrected chi connectivity index (χ4v) is 3.54. The first kappa shape index (κ1) is 20.6. The summed E-state index contributed by atoms with van der Waals surface area (Å²) >= 11 is 0. The zero-order valence-electron chi connectivity index (χ0n) is 15.4. The van der Waals surface area contributed by atoms with Crippen LogP contribution in [-0.4, -0.2) is 24.7 Å². The molecule has 0 aliphatic heterocycles. The molecule has 0 radical (unpaired) electrons. The second-order valence-electron chi connectivity index (χ2n) is 6.72. The molecule has 2 rings (SSSR count). The monoisotopic (exact) mass is 373 g/mol. The molecule has 1 aromatic rings. The van der Waals surface area contributed by atoms with Crippen LogP contribution in [0.5, 0.6) is 5.75 Å². The van der Waals surface area contributed by atoms with E-state index in [1.54, 1.807) is 6.92 Å². The standard InChI is InChI=1S/C19H26F3NO3/c1-4-25-16-9-8-14(11-15(16)19(20,21)22)23-17(24)18(26-5-2)10-6-7-13(3)12-18/h8-9,11,13H,4-7,10,12H2,1-3H3,(H,23,24)/t13-,18+/m0/s1. The van der Waals surface area contributed by atoms with Gasteiger partial charge in [-0.25, -0.2) is 0 Å². The molecule has 0 heterocycles. The highest BCUT2D eigenvalue weighted by Gasteiger charge is 2.43. The zero-order chi connectivity index (χ0) is 19.4. The van der Waals surface area contributed by atoms with Gasteiger partial charge in [0.2, 0.25) is 0 Å². The summed E-state index contributed by atoms with van der Waals surface area (Å²) in [5.74, 6) is -0.306. The van der Waals surface area contributed by atoms with Crippen LogP contribution >= 0.6 is 0 Å². The predicted octanol–water partition coefficient (Wildman–Crippen LogP) is 5.03. The summed E-state index contributed by atoms with van der Waals surface area (Å²) in [5.41, 5.74) is -1.80. The Morgan fingerprint density at radius 3 is 2.62 bits per heavy atom. The van der Waals surface area contributed by atoms with Crippen molar-refractivity contribution >= 4 is 11.6 Å². The van der Waals surface area contributed by atoms with Gasteiger partial charge in [0.25, 0.3) is 5.91 Å². The number of alkyl halides is 3. The van der Waals surface area contributed by atoms with Crippen LogP contribution in [0.15, 0.2) is 18.2 Å². The highest BCUT2D eigenvalue weighted by molar-refractivity contribution is 5.97. The van der Waals surface area contributed by atoms with Gasteiger partial charge < -0.3 is 14.8 Å². The lowest BCUT2D eigenvalue weighted by atomic mass is 9.78. The van der Waals surface area contributed by atoms with E-state index in [1.807, 2.05) is 6.92 Å². The van der Waals surface area contributed by atoms with Crippen LogP contribution in [-0.2, 0) is 15.7 Å². The first-order chi connectivity index (χ1) is 12.2. The smallest absolute Gasteiger partial charge is 0.420 e. The first-order valence-electron chi connectivity index (χ1n) is 9.01. The molecule has 1 aromatic carbocycles. The van der Waals surface area contributed by atoms with Crippen LogP contribution in [0.1, 0.15) is 52.0 Å². The van der Waals surface area contributed by atoms with Crippen molar-refractivity contribution in [3.8, 4) is 5.75 Å². The molecule has 2 atom stereocenters. The van der Waals surface area contributed by atoms with Crippen molar-refractivity contribution in [2.75, 3.05) is 18.5 Å². The minimum absolute atomic E-state index is 0.0862. The third-order valence-corrected chi connectivity index (χ3v) is 4.63. The maximum Gasteiger partial charge on any atom is 0.420 e. The molecular weight excluding hydrogens is 347 g/mol. The maximum atomic E-state index is 13.3. The SMILES string of the molecule is CCOc1ccc(NC(=O)[C@@]2(OCC)CCC[C@H](C)C2)cc1C(F)(F)F. The average Bonchev–Trinajstić information content (AvgIpc) is 2.55. The molecule has 0 unspecified atom stereocenters. The van der Waals surface area contributed by atoms with Gasteiger partial charge in [-0.3, -0.25) is 4.79 Å². The molecule has 1 saturated carbocycles. The van der Waals surface area contributed by atoms with E-state index in [2.05, 4.69) is 12.2 Å². The van der Waals surface area contributed by atoms with E-state index in [9.17, 15) is 18.0 Å². The minimum atomic E-state index is -4.57. The molecule has 0 aromatic heterocycles. The number of carbonyl (C=O) groups is 1. The van der Waals surface area contributed by atoms with Crippen LogP contribution in [0, 0.1) is 5.92 Å². The lowest BCUT2D eigenvalue weighted by Gasteiger charge is -2.38. The lowest BCUT2D eigenvalue weighted by Crippen LogP contribution is -2.48. The van der Waals surface area contributed by atoms with E-state index >= 15 is 0 Å². The van der Waals surface area contributed by atoms with E-state index in [0.29, 0.717) is 25.4 Å². The number of hydrogen-bond donors (Lipinski definition) is 1. The first-order valence-corrected chi connectivity index (χ1v) is 9.01. The lowest BCUT2D eigenvalue weighted by molar-refractivity contribution is -0.148. The van der Waals surface area contributed by atoms with Gasteiger partial charge in [0.05, 0.1) is 12.2 Å². The molecule has 1 fully saturated rings. The fourth-order valence-electron chi connectivity index (χ4n) is 3.54. The summed E-state index contributed by atoms with van der Waals surface area (Å²) in [6.07, 6.45) is -1.56. The van der Waals surface area contributed by atoms with Gasteiger partial charge >= 0.3 is 6.18 Å². The fraction of sp³-hybridized carbons (Fsp3) is 0.632. The van der Waals surface area contributed by atoms with Gasteiger partial charge in [0.15, 0.2) is 0 Å². The van der Waals surface area contributed by atoms with Gasteiger partial charge in [-0.2, -0.15) is 13.2 Å². The molecule has 0 saturated heterocycles. The molecule has 7 heteroatoms. The number of halogens is 3. The number of ether oxygens (including phenoxy) is 2. The third kappa shape index (κ3) is 4.69. The van der Waals surface area contributed by atoms with Crippen molar-refractivity contribution in [3.05, 3.63) is 23.8 Å². The van der Waals surface area contributed by atoms with Gasteiger partial charge in [-0.05, 0) is 57.2 Å². The highest BCUT2D eigenvalue weighted by atomic mass is 19.4. The molecule has 4 nitrogen and oxygen atoms in total. The highest BCUT2D eigenvalue weighted by Crippen LogP contribution is 2.39. The molecule has 1 amide bonds. The number of benzene rings is 1. The Labute approximate surface area is 152 Å². The topological polar surface area (TPSA) is 47.6 Å². The number of carbonyl (C=O) groups excluding carboxylic acids is 1. The summed E-state index contributed by atoms with van der Waals surface area (Å²) < 4.78 is 50.7. The van der Waals surface area contributed by atoms with Crippen LogP contribution < -0.4 is 10.1 Å². The molecule has 0 bridgehead atoms. The van der Waals surface area contributed by atoms with E-state index in [-0.39, 0.29) is 24.0 Å². The maximum absolute atomic E-state index is 13.3. The Morgan fingerprint density at radius 1 is 1.31 bits per heavy atom. The van der Waals surface area contributed by atoms with E-state index in [4.69, 9.17) is 9.47 Å². The molecule has 26 heavy (non-hydrogen) atoms. The van der Waals surface area contributed by atoms with Crippen LogP contribution in [0.4, 0.5) is 18.9 Å². The second kappa shape index (κ2) is 8.29. The van der Waals surface area contributed by atoms with Gasteiger partial charge in [-0.15, -0.1) is 0 Å². The van der Waals surface area contributed by atoms with Crippen molar-refractivity contribution in [2.24, 2.45) is 5.92 Å². The summed E-state index contributed by atoms with van der Waals surface area (Å²) in [4.78, 5) is 12.8. The second-order valence-corrected chi connectivity index (χ2v) is 6.72. The number of anilines is 1. The molecule has 1 N–H and O–H groups in total. The molecule has 1 aliphatic rings. The van der Waals surface area contributed by atoms with Gasteiger partial charge in [0.1, 0.15) is 11.4 Å². The zero-order valence-corrected chi connectivity index (χ0v) is 15.4. The molecular formula is C19H26F3NO3. The molecule has 146 valence electrons. The average molecular weight is 373 g/mol. The Morgan fingerprint density at radius 2 is 2.04 bits per heavy atom. The summed E-state index contributed by atoms with van der Waals surface area (Å²) in [6, 6.07) is 3.57. The Bertz CT molecular complexity index is 629. The normalized spacial score (nSPS) is 23.5. The largest absolute Gasteiger partial charge is 0.493 e. The molecule has 1 aliphatic carbocycles. The third-order valence-electron chi connectivity index (χ3n) is 4.63. The van der Waals surface area contributed by atoms with Crippen molar-refractivity contribution < 1.29 is 27.4 Å². The number of amides is 1.